The second-order valence-corrected chi connectivity index (χ2v) is 6.87. The van der Waals surface area contributed by atoms with E-state index in [2.05, 4.69) is 34.6 Å². The molecular formula is C19H24N6. The number of aromatic nitrogens is 5. The minimum absolute atomic E-state index is 0.603. The van der Waals surface area contributed by atoms with Crippen LogP contribution in [0.2, 0.25) is 0 Å². The zero-order chi connectivity index (χ0) is 17.2. The van der Waals surface area contributed by atoms with E-state index in [4.69, 9.17) is 5.10 Å². The lowest BCUT2D eigenvalue weighted by molar-refractivity contribution is 0.658. The van der Waals surface area contributed by atoms with E-state index in [-0.39, 0.29) is 0 Å². The van der Waals surface area contributed by atoms with Crippen molar-refractivity contribution in [3.63, 3.8) is 0 Å². The fraction of sp³-hybridized carbons (Fsp3) is 0.421. The van der Waals surface area contributed by atoms with Crippen LogP contribution in [0.4, 0.5) is 5.69 Å². The van der Waals surface area contributed by atoms with E-state index in [0.29, 0.717) is 5.92 Å². The Hall–Kier alpha value is -2.63. The third-order valence-corrected chi connectivity index (χ3v) is 4.91. The quantitative estimate of drug-likeness (QED) is 0.773. The van der Waals surface area contributed by atoms with Crippen molar-refractivity contribution in [2.75, 3.05) is 5.32 Å². The predicted molar refractivity (Wildman–Crippen MR) is 97.8 cm³/mol. The minimum Gasteiger partial charge on any atom is -0.378 e. The second-order valence-electron chi connectivity index (χ2n) is 6.87. The Morgan fingerprint density at radius 1 is 1.28 bits per heavy atom. The average molecular weight is 336 g/mol. The lowest BCUT2D eigenvalue weighted by Crippen LogP contribution is -2.06. The van der Waals surface area contributed by atoms with E-state index in [1.807, 2.05) is 30.2 Å². The average Bonchev–Trinajstić information content (AvgIpc) is 3.34. The van der Waals surface area contributed by atoms with Crippen LogP contribution < -0.4 is 5.32 Å². The summed E-state index contributed by atoms with van der Waals surface area (Å²) in [6.45, 7) is 2.82. The molecule has 3 heterocycles. The van der Waals surface area contributed by atoms with E-state index in [0.717, 1.165) is 29.2 Å². The molecule has 3 aromatic rings. The van der Waals surface area contributed by atoms with E-state index in [1.165, 1.54) is 31.4 Å². The molecule has 1 aliphatic carbocycles. The monoisotopic (exact) mass is 336 g/mol. The molecule has 0 bridgehead atoms. The summed E-state index contributed by atoms with van der Waals surface area (Å²) in [4.78, 5) is 4.58. The first-order valence-corrected chi connectivity index (χ1v) is 8.93. The van der Waals surface area contributed by atoms with Crippen molar-refractivity contribution in [2.24, 2.45) is 7.05 Å². The van der Waals surface area contributed by atoms with Gasteiger partial charge >= 0.3 is 0 Å². The summed E-state index contributed by atoms with van der Waals surface area (Å²) in [5.41, 5.74) is 4.65. The molecule has 130 valence electrons. The highest BCUT2D eigenvalue weighted by atomic mass is 15.3. The predicted octanol–water partition coefficient (Wildman–Crippen LogP) is 3.58. The van der Waals surface area contributed by atoms with Crippen molar-refractivity contribution < 1.29 is 0 Å². The Morgan fingerprint density at radius 3 is 2.84 bits per heavy atom. The zero-order valence-electron chi connectivity index (χ0n) is 14.8. The topological polar surface area (TPSA) is 60.6 Å². The first-order valence-electron chi connectivity index (χ1n) is 8.93. The van der Waals surface area contributed by atoms with Crippen LogP contribution in [0.1, 0.15) is 48.4 Å². The molecule has 0 radical (unpaired) electrons. The Labute approximate surface area is 147 Å². The fourth-order valence-electron chi connectivity index (χ4n) is 3.70. The van der Waals surface area contributed by atoms with Crippen molar-refractivity contribution in [3.05, 3.63) is 53.7 Å². The number of aryl methyl sites for hydroxylation is 2. The molecule has 0 aromatic carbocycles. The first kappa shape index (κ1) is 15.9. The van der Waals surface area contributed by atoms with Crippen LogP contribution in [0.3, 0.4) is 0 Å². The molecule has 0 unspecified atom stereocenters. The van der Waals surface area contributed by atoms with Crippen molar-refractivity contribution in [1.29, 1.82) is 0 Å². The summed E-state index contributed by atoms with van der Waals surface area (Å²) in [5.74, 6) is 1.48. The first-order chi connectivity index (χ1) is 12.2. The van der Waals surface area contributed by atoms with Gasteiger partial charge in [-0.2, -0.15) is 10.2 Å². The lowest BCUT2D eigenvalue weighted by atomic mass is 10.0. The number of rotatable bonds is 5. The lowest BCUT2D eigenvalue weighted by Gasteiger charge is -2.12. The molecule has 4 rings (SSSR count). The Balaban J connectivity index is 1.49. The van der Waals surface area contributed by atoms with Crippen molar-refractivity contribution in [2.45, 2.75) is 45.1 Å². The van der Waals surface area contributed by atoms with Gasteiger partial charge in [-0.15, -0.1) is 0 Å². The third-order valence-electron chi connectivity index (χ3n) is 4.91. The zero-order valence-corrected chi connectivity index (χ0v) is 14.8. The van der Waals surface area contributed by atoms with Gasteiger partial charge in [0, 0.05) is 44.3 Å². The third kappa shape index (κ3) is 3.29. The minimum atomic E-state index is 0.603. The number of hydrogen-bond donors (Lipinski definition) is 1. The van der Waals surface area contributed by atoms with Crippen molar-refractivity contribution >= 4 is 5.69 Å². The maximum Gasteiger partial charge on any atom is 0.156 e. The van der Waals surface area contributed by atoms with Gasteiger partial charge in [0.25, 0.3) is 0 Å². The molecular weight excluding hydrogens is 312 g/mol. The molecule has 6 nitrogen and oxygen atoms in total. The van der Waals surface area contributed by atoms with Crippen LogP contribution in [0, 0.1) is 6.92 Å². The maximum absolute atomic E-state index is 4.70. The Morgan fingerprint density at radius 2 is 2.12 bits per heavy atom. The van der Waals surface area contributed by atoms with E-state index < -0.39 is 0 Å². The largest absolute Gasteiger partial charge is 0.378 e. The van der Waals surface area contributed by atoms with Gasteiger partial charge in [0.2, 0.25) is 0 Å². The SMILES string of the molecule is Cc1cc(CNc2cn(C)nc2C2CCCC2)cnc1-n1cccn1. The molecule has 0 spiro atoms. The summed E-state index contributed by atoms with van der Waals surface area (Å²) in [6, 6.07) is 4.08. The summed E-state index contributed by atoms with van der Waals surface area (Å²) in [5, 5.41) is 12.5. The van der Waals surface area contributed by atoms with Crippen molar-refractivity contribution in [3.8, 4) is 5.82 Å². The van der Waals surface area contributed by atoms with Gasteiger partial charge in [0.05, 0.1) is 11.4 Å². The van der Waals surface area contributed by atoms with Gasteiger partial charge in [0.15, 0.2) is 5.82 Å². The van der Waals surface area contributed by atoms with Gasteiger partial charge in [-0.1, -0.05) is 12.8 Å². The summed E-state index contributed by atoms with van der Waals surface area (Å²) < 4.78 is 3.71. The van der Waals surface area contributed by atoms with Crippen LogP contribution in [0.15, 0.2) is 36.9 Å². The van der Waals surface area contributed by atoms with Crippen LogP contribution in [-0.2, 0) is 13.6 Å². The van der Waals surface area contributed by atoms with Crippen LogP contribution in [0.5, 0.6) is 0 Å². The van der Waals surface area contributed by atoms with E-state index >= 15 is 0 Å². The number of nitrogens with one attached hydrogen (secondary N) is 1. The molecule has 1 saturated carbocycles. The van der Waals surface area contributed by atoms with Gasteiger partial charge in [-0.3, -0.25) is 4.68 Å². The number of nitrogens with zero attached hydrogens (tertiary/aromatic N) is 5. The smallest absolute Gasteiger partial charge is 0.156 e. The number of anilines is 1. The molecule has 1 fully saturated rings. The fourth-order valence-corrected chi connectivity index (χ4v) is 3.70. The van der Waals surface area contributed by atoms with Crippen LogP contribution in [-0.4, -0.2) is 24.5 Å². The standard InChI is InChI=1S/C19H24N6/c1-14-10-15(12-21-19(14)25-9-5-8-22-25)11-20-17-13-24(2)23-18(17)16-6-3-4-7-16/h5,8-10,12-13,16,20H,3-4,6-7,11H2,1-2H3. The molecule has 0 amide bonds. The second kappa shape index (κ2) is 6.70. The molecule has 1 aliphatic rings. The number of hydrogen-bond acceptors (Lipinski definition) is 4. The van der Waals surface area contributed by atoms with Gasteiger partial charge in [0.1, 0.15) is 0 Å². The molecule has 1 N–H and O–H groups in total. The Kier molecular flexibility index (Phi) is 4.26. The van der Waals surface area contributed by atoms with Crippen LogP contribution in [0.25, 0.3) is 5.82 Å². The number of pyridine rings is 1. The summed E-state index contributed by atoms with van der Waals surface area (Å²) >= 11 is 0. The highest BCUT2D eigenvalue weighted by Crippen LogP contribution is 2.36. The van der Waals surface area contributed by atoms with Gasteiger partial charge < -0.3 is 5.32 Å². The molecule has 25 heavy (non-hydrogen) atoms. The molecule has 3 aromatic heterocycles. The normalized spacial score (nSPS) is 15.0. The molecule has 0 atom stereocenters. The Bertz CT molecular complexity index is 843. The van der Waals surface area contributed by atoms with Gasteiger partial charge in [-0.05, 0) is 43.0 Å². The molecule has 0 aliphatic heterocycles. The molecule has 0 saturated heterocycles. The summed E-state index contributed by atoms with van der Waals surface area (Å²) in [6.07, 6.45) is 12.8. The van der Waals surface area contributed by atoms with E-state index in [9.17, 15) is 0 Å². The van der Waals surface area contributed by atoms with Gasteiger partial charge in [-0.25, -0.2) is 9.67 Å². The van der Waals surface area contributed by atoms with Crippen molar-refractivity contribution in [1.82, 2.24) is 24.5 Å². The molecule has 6 heteroatoms. The highest BCUT2D eigenvalue weighted by molar-refractivity contribution is 5.49. The van der Waals surface area contributed by atoms with E-state index in [1.54, 1.807) is 10.9 Å². The maximum atomic E-state index is 4.70. The summed E-state index contributed by atoms with van der Waals surface area (Å²) in [7, 11) is 1.99. The van der Waals surface area contributed by atoms with Crippen LogP contribution >= 0.6 is 0 Å². The highest BCUT2D eigenvalue weighted by Gasteiger charge is 2.22.